The zero-order valence-corrected chi connectivity index (χ0v) is 21.1. The van der Waals surface area contributed by atoms with E-state index in [1.165, 1.54) is 19.4 Å². The molecule has 14 heteroatoms. The van der Waals surface area contributed by atoms with Crippen LogP contribution in [0.5, 0.6) is 0 Å². The summed E-state index contributed by atoms with van der Waals surface area (Å²) >= 11 is 0. The van der Waals surface area contributed by atoms with E-state index in [9.17, 15) is 24.3 Å². The molecule has 1 aromatic carbocycles. The van der Waals surface area contributed by atoms with E-state index >= 15 is 0 Å². The molecule has 0 aliphatic carbocycles. The maximum atomic E-state index is 13.3. The molecule has 0 aliphatic heterocycles. The first-order chi connectivity index (χ1) is 18.1. The van der Waals surface area contributed by atoms with Crippen LogP contribution in [0.4, 0.5) is 0 Å². The lowest BCUT2D eigenvalue weighted by atomic mass is 10.0. The van der Waals surface area contributed by atoms with Crippen molar-refractivity contribution in [3.63, 3.8) is 0 Å². The number of aromatic amines is 1. The summed E-state index contributed by atoms with van der Waals surface area (Å²) in [6.45, 7) is 1.53. The third-order valence-electron chi connectivity index (χ3n) is 5.55. The molecule has 0 spiro atoms. The maximum absolute atomic E-state index is 13.3. The van der Waals surface area contributed by atoms with Crippen LogP contribution in [0.15, 0.2) is 47.8 Å². The monoisotopic (exact) mass is 529 g/mol. The molecule has 4 unspecified atom stereocenters. The van der Waals surface area contributed by atoms with Gasteiger partial charge in [-0.1, -0.05) is 30.3 Å². The first-order valence-corrected chi connectivity index (χ1v) is 12.0. The number of carboxylic acid groups (broad SMARTS) is 1. The second kappa shape index (κ2) is 14.9. The fourth-order valence-electron chi connectivity index (χ4n) is 3.48. The second-order valence-corrected chi connectivity index (χ2v) is 8.72. The number of guanidine groups is 1. The normalized spacial score (nSPS) is 13.8. The number of imidazole rings is 1. The molecule has 206 valence electrons. The topological polar surface area (TPSA) is 244 Å². The Bertz CT molecular complexity index is 1090. The van der Waals surface area contributed by atoms with E-state index in [2.05, 4.69) is 30.9 Å². The molecule has 4 atom stereocenters. The summed E-state index contributed by atoms with van der Waals surface area (Å²) in [6.07, 6.45) is 3.76. The molecule has 11 N–H and O–H groups in total. The number of rotatable bonds is 15. The van der Waals surface area contributed by atoms with Crippen LogP contribution in [0.2, 0.25) is 0 Å². The van der Waals surface area contributed by atoms with E-state index in [0.29, 0.717) is 12.1 Å². The van der Waals surface area contributed by atoms with E-state index in [1.54, 1.807) is 30.3 Å². The van der Waals surface area contributed by atoms with Gasteiger partial charge >= 0.3 is 5.97 Å². The molecule has 0 aliphatic rings. The molecule has 0 bridgehead atoms. The lowest BCUT2D eigenvalue weighted by Gasteiger charge is -2.25. The Labute approximate surface area is 219 Å². The van der Waals surface area contributed by atoms with Gasteiger partial charge in [0.1, 0.15) is 18.1 Å². The minimum absolute atomic E-state index is 0.0960. The van der Waals surface area contributed by atoms with Crippen molar-refractivity contribution >= 4 is 29.7 Å². The summed E-state index contributed by atoms with van der Waals surface area (Å²) in [4.78, 5) is 60.9. The Hall–Kier alpha value is -4.46. The molecule has 0 radical (unpaired) electrons. The summed E-state index contributed by atoms with van der Waals surface area (Å²) in [6, 6.07) is 4.59. The highest BCUT2D eigenvalue weighted by Gasteiger charge is 2.29. The molecule has 2 rings (SSSR count). The van der Waals surface area contributed by atoms with E-state index in [1.807, 2.05) is 0 Å². The van der Waals surface area contributed by atoms with Crippen molar-refractivity contribution in [3.8, 4) is 0 Å². The van der Waals surface area contributed by atoms with Crippen molar-refractivity contribution in [3.05, 3.63) is 54.1 Å². The average Bonchev–Trinajstić information content (AvgIpc) is 3.38. The standard InChI is InChI=1S/C24H35N9O5/c1-14(23(37)38)31-22(36)19(10-15-6-3-2-4-7-15)33-21(35)18(8-5-9-29-24(26)27)32-20(34)17(25)11-16-12-28-13-30-16/h2-4,6-7,12-14,17-19H,5,8-11,25H2,1H3,(H,28,30)(H,31,36)(H,32,34)(H,33,35)(H,37,38)(H4,26,27,29). The number of aliphatic imine (C=N–C) groups is 1. The highest BCUT2D eigenvalue weighted by molar-refractivity contribution is 5.94. The molecule has 0 saturated heterocycles. The molecule has 1 aromatic heterocycles. The number of aromatic nitrogens is 2. The van der Waals surface area contributed by atoms with Crippen molar-refractivity contribution in [2.24, 2.45) is 22.2 Å². The van der Waals surface area contributed by atoms with Crippen molar-refractivity contribution < 1.29 is 24.3 Å². The highest BCUT2D eigenvalue weighted by atomic mass is 16.4. The smallest absolute Gasteiger partial charge is 0.325 e. The summed E-state index contributed by atoms with van der Waals surface area (Å²) in [7, 11) is 0. The van der Waals surface area contributed by atoms with Crippen LogP contribution < -0.4 is 33.2 Å². The Balaban J connectivity index is 2.18. The van der Waals surface area contributed by atoms with E-state index in [-0.39, 0.29) is 31.8 Å². The molecule has 1 heterocycles. The zero-order chi connectivity index (χ0) is 28.1. The molecule has 2 aromatic rings. The average molecular weight is 530 g/mol. The second-order valence-electron chi connectivity index (χ2n) is 8.72. The van der Waals surface area contributed by atoms with Gasteiger partial charge < -0.3 is 43.2 Å². The summed E-state index contributed by atoms with van der Waals surface area (Å²) in [5.41, 5.74) is 18.1. The first-order valence-electron chi connectivity index (χ1n) is 12.0. The predicted molar refractivity (Wildman–Crippen MR) is 139 cm³/mol. The van der Waals surface area contributed by atoms with Gasteiger partial charge in [0.25, 0.3) is 0 Å². The zero-order valence-electron chi connectivity index (χ0n) is 21.1. The fraction of sp³-hybridized carbons (Fsp3) is 0.417. The number of carbonyl (C=O) groups excluding carboxylic acids is 3. The van der Waals surface area contributed by atoms with Crippen LogP contribution in [0.1, 0.15) is 31.0 Å². The summed E-state index contributed by atoms with van der Waals surface area (Å²) in [5.74, 6) is -3.23. The number of hydrogen-bond donors (Lipinski definition) is 8. The van der Waals surface area contributed by atoms with E-state index in [4.69, 9.17) is 17.2 Å². The van der Waals surface area contributed by atoms with Crippen molar-refractivity contribution in [2.45, 2.75) is 56.8 Å². The number of carbonyl (C=O) groups is 4. The molecular weight excluding hydrogens is 494 g/mol. The minimum Gasteiger partial charge on any atom is -0.480 e. The Kier molecular flexibility index (Phi) is 11.7. The molecule has 3 amide bonds. The van der Waals surface area contributed by atoms with Gasteiger partial charge in [-0.05, 0) is 25.3 Å². The molecule has 38 heavy (non-hydrogen) atoms. The molecule has 0 saturated carbocycles. The van der Waals surface area contributed by atoms with Gasteiger partial charge in [-0.2, -0.15) is 0 Å². The number of nitrogens with two attached hydrogens (primary N) is 3. The van der Waals surface area contributed by atoms with Crippen LogP contribution >= 0.6 is 0 Å². The van der Waals surface area contributed by atoms with Crippen molar-refractivity contribution in [1.29, 1.82) is 0 Å². The van der Waals surface area contributed by atoms with Gasteiger partial charge in [0.15, 0.2) is 5.96 Å². The first kappa shape index (κ1) is 29.8. The number of benzene rings is 1. The van der Waals surface area contributed by atoms with Crippen molar-refractivity contribution in [2.75, 3.05) is 6.54 Å². The van der Waals surface area contributed by atoms with E-state index in [0.717, 1.165) is 5.56 Å². The van der Waals surface area contributed by atoms with Crippen LogP contribution in [0, 0.1) is 0 Å². The number of carboxylic acids is 1. The Morgan fingerprint density at radius 2 is 1.66 bits per heavy atom. The third kappa shape index (κ3) is 10.3. The van der Waals surface area contributed by atoms with Crippen molar-refractivity contribution in [1.82, 2.24) is 25.9 Å². The minimum atomic E-state index is -1.22. The molecular formula is C24H35N9O5. The number of H-pyrrole nitrogens is 1. The number of amides is 3. The van der Waals surface area contributed by atoms with Gasteiger partial charge in [0, 0.05) is 31.3 Å². The van der Waals surface area contributed by atoms with E-state index < -0.39 is 47.9 Å². The van der Waals surface area contributed by atoms with Gasteiger partial charge in [0.05, 0.1) is 12.4 Å². The third-order valence-corrected chi connectivity index (χ3v) is 5.55. The van der Waals surface area contributed by atoms with Gasteiger partial charge in [-0.3, -0.25) is 24.2 Å². The predicted octanol–water partition coefficient (Wildman–Crippen LogP) is -1.87. The molecule has 14 nitrogen and oxygen atoms in total. The number of nitrogens with one attached hydrogen (secondary N) is 4. The van der Waals surface area contributed by atoms with Crippen LogP contribution in [-0.2, 0) is 32.0 Å². The SMILES string of the molecule is CC(NC(=O)C(Cc1ccccc1)NC(=O)C(CCCN=C(N)N)NC(=O)C(N)Cc1cnc[nH]1)C(=O)O. The Morgan fingerprint density at radius 1 is 1.00 bits per heavy atom. The van der Waals surface area contributed by atoms with Gasteiger partial charge in [0.2, 0.25) is 17.7 Å². The lowest BCUT2D eigenvalue weighted by Crippen LogP contribution is -2.57. The number of nitrogens with zero attached hydrogens (tertiary/aromatic N) is 2. The number of aliphatic carboxylic acids is 1. The van der Waals surface area contributed by atoms with Crippen LogP contribution in [0.25, 0.3) is 0 Å². The summed E-state index contributed by atoms with van der Waals surface area (Å²) in [5, 5.41) is 16.8. The quantitative estimate of drug-likeness (QED) is 0.0731. The fourth-order valence-corrected chi connectivity index (χ4v) is 3.48. The van der Waals surface area contributed by atoms with Gasteiger partial charge in [-0.25, -0.2) is 4.98 Å². The molecule has 0 fully saturated rings. The largest absolute Gasteiger partial charge is 0.480 e. The summed E-state index contributed by atoms with van der Waals surface area (Å²) < 4.78 is 0. The van der Waals surface area contributed by atoms with Crippen LogP contribution in [0.3, 0.4) is 0 Å². The van der Waals surface area contributed by atoms with Gasteiger partial charge in [-0.15, -0.1) is 0 Å². The van der Waals surface area contributed by atoms with Crippen LogP contribution in [-0.4, -0.2) is 75.4 Å². The Morgan fingerprint density at radius 3 is 2.26 bits per heavy atom. The highest BCUT2D eigenvalue weighted by Crippen LogP contribution is 2.07. The lowest BCUT2D eigenvalue weighted by molar-refractivity contribution is -0.141. The maximum Gasteiger partial charge on any atom is 0.325 e. The number of hydrogen-bond acceptors (Lipinski definition) is 7.